The van der Waals surface area contributed by atoms with Gasteiger partial charge in [-0.1, -0.05) is 13.8 Å². The van der Waals surface area contributed by atoms with Crippen molar-refractivity contribution in [3.8, 4) is 0 Å². The lowest BCUT2D eigenvalue weighted by Crippen LogP contribution is -2.12. The Balaban J connectivity index is 2.83. The van der Waals surface area contributed by atoms with E-state index in [2.05, 4.69) is 4.98 Å². The van der Waals surface area contributed by atoms with E-state index in [1.165, 1.54) is 0 Å². The normalized spacial score (nSPS) is 12.8. The summed E-state index contributed by atoms with van der Waals surface area (Å²) in [4.78, 5) is 14.6. The standard InChI is InChI=1S/C11H15NO2/c1-8(2)10(7-11(13)14)9-3-5-12-6-4-9/h3-6,8,10H,7H2,1-2H3,(H,13,14). The van der Waals surface area contributed by atoms with Gasteiger partial charge in [-0.15, -0.1) is 0 Å². The highest BCUT2D eigenvalue weighted by atomic mass is 16.4. The van der Waals surface area contributed by atoms with Crippen LogP contribution in [0.15, 0.2) is 24.5 Å². The molecule has 1 N–H and O–H groups in total. The van der Waals surface area contributed by atoms with Gasteiger partial charge in [0.05, 0.1) is 6.42 Å². The molecule has 3 heteroatoms. The fourth-order valence-electron chi connectivity index (χ4n) is 1.54. The third kappa shape index (κ3) is 2.83. The van der Waals surface area contributed by atoms with Gasteiger partial charge in [-0.2, -0.15) is 0 Å². The van der Waals surface area contributed by atoms with Crippen LogP contribution in [0.25, 0.3) is 0 Å². The lowest BCUT2D eigenvalue weighted by molar-refractivity contribution is -0.137. The predicted molar refractivity (Wildman–Crippen MR) is 54.1 cm³/mol. The van der Waals surface area contributed by atoms with Gasteiger partial charge in [0.25, 0.3) is 0 Å². The van der Waals surface area contributed by atoms with Gasteiger partial charge in [-0.05, 0) is 29.5 Å². The summed E-state index contributed by atoms with van der Waals surface area (Å²) in [6, 6.07) is 3.77. The van der Waals surface area contributed by atoms with Crippen LogP contribution in [-0.2, 0) is 4.79 Å². The first kappa shape index (κ1) is 10.7. The monoisotopic (exact) mass is 193 g/mol. The molecule has 0 amide bonds. The number of hydrogen-bond acceptors (Lipinski definition) is 2. The number of carbonyl (C=O) groups is 1. The average molecular weight is 193 g/mol. The van der Waals surface area contributed by atoms with Crippen LogP contribution in [0.2, 0.25) is 0 Å². The molecule has 1 heterocycles. The van der Waals surface area contributed by atoms with Crippen molar-refractivity contribution in [1.29, 1.82) is 0 Å². The number of nitrogens with zero attached hydrogens (tertiary/aromatic N) is 1. The number of hydrogen-bond donors (Lipinski definition) is 1. The maximum Gasteiger partial charge on any atom is 0.303 e. The van der Waals surface area contributed by atoms with Gasteiger partial charge in [-0.3, -0.25) is 9.78 Å². The Morgan fingerprint density at radius 3 is 2.43 bits per heavy atom. The van der Waals surface area contributed by atoms with Gasteiger partial charge in [0, 0.05) is 12.4 Å². The Labute approximate surface area is 83.8 Å². The van der Waals surface area contributed by atoms with Gasteiger partial charge in [0.2, 0.25) is 0 Å². The Morgan fingerprint density at radius 2 is 2.00 bits per heavy atom. The number of pyridine rings is 1. The Hall–Kier alpha value is -1.38. The SMILES string of the molecule is CC(C)C(CC(=O)O)c1ccncc1. The van der Waals surface area contributed by atoms with Crippen molar-refractivity contribution in [2.45, 2.75) is 26.2 Å². The topological polar surface area (TPSA) is 50.2 Å². The average Bonchev–Trinajstić information content (AvgIpc) is 2.15. The predicted octanol–water partition coefficient (Wildman–Crippen LogP) is 2.30. The third-order valence-corrected chi connectivity index (χ3v) is 2.33. The summed E-state index contributed by atoms with van der Waals surface area (Å²) in [5, 5.41) is 8.78. The number of aliphatic carboxylic acids is 1. The minimum absolute atomic E-state index is 0.0792. The van der Waals surface area contributed by atoms with E-state index in [1.807, 2.05) is 26.0 Å². The van der Waals surface area contributed by atoms with Crippen molar-refractivity contribution in [2.24, 2.45) is 5.92 Å². The molecule has 1 atom stereocenters. The molecule has 0 aliphatic carbocycles. The molecule has 1 rings (SSSR count). The van der Waals surface area contributed by atoms with Crippen molar-refractivity contribution in [2.75, 3.05) is 0 Å². The molecular weight excluding hydrogens is 178 g/mol. The molecule has 0 spiro atoms. The second-order valence-electron chi connectivity index (χ2n) is 3.73. The Bertz CT molecular complexity index is 295. The summed E-state index contributed by atoms with van der Waals surface area (Å²) in [5.41, 5.74) is 1.05. The highest BCUT2D eigenvalue weighted by molar-refractivity contribution is 5.68. The summed E-state index contributed by atoms with van der Waals surface area (Å²) in [5.74, 6) is -0.343. The first-order valence-corrected chi connectivity index (χ1v) is 4.73. The van der Waals surface area contributed by atoms with Crippen LogP contribution in [0.1, 0.15) is 31.7 Å². The van der Waals surface area contributed by atoms with Crippen LogP contribution >= 0.6 is 0 Å². The van der Waals surface area contributed by atoms with Crippen molar-refractivity contribution in [1.82, 2.24) is 4.98 Å². The van der Waals surface area contributed by atoms with Gasteiger partial charge in [-0.25, -0.2) is 0 Å². The van der Waals surface area contributed by atoms with Crippen LogP contribution in [0.4, 0.5) is 0 Å². The molecule has 0 fully saturated rings. The third-order valence-electron chi connectivity index (χ3n) is 2.33. The van der Waals surface area contributed by atoms with Crippen molar-refractivity contribution in [3.05, 3.63) is 30.1 Å². The molecule has 0 radical (unpaired) electrons. The van der Waals surface area contributed by atoms with E-state index in [0.29, 0.717) is 5.92 Å². The zero-order valence-electron chi connectivity index (χ0n) is 8.47. The number of aromatic nitrogens is 1. The molecule has 14 heavy (non-hydrogen) atoms. The molecule has 1 aromatic heterocycles. The second kappa shape index (κ2) is 4.74. The van der Waals surface area contributed by atoms with E-state index < -0.39 is 5.97 Å². The molecule has 0 saturated carbocycles. The van der Waals surface area contributed by atoms with Crippen LogP contribution in [0, 0.1) is 5.92 Å². The molecule has 0 aliphatic rings. The zero-order chi connectivity index (χ0) is 10.6. The van der Waals surface area contributed by atoms with E-state index in [-0.39, 0.29) is 12.3 Å². The first-order valence-electron chi connectivity index (χ1n) is 4.73. The quantitative estimate of drug-likeness (QED) is 0.798. The Morgan fingerprint density at radius 1 is 1.43 bits per heavy atom. The molecule has 0 bridgehead atoms. The fourth-order valence-corrected chi connectivity index (χ4v) is 1.54. The Kier molecular flexibility index (Phi) is 3.63. The fraction of sp³-hybridized carbons (Fsp3) is 0.455. The zero-order valence-corrected chi connectivity index (χ0v) is 8.47. The second-order valence-corrected chi connectivity index (χ2v) is 3.73. The summed E-state index contributed by atoms with van der Waals surface area (Å²) in [6.45, 7) is 4.07. The first-order chi connectivity index (χ1) is 6.61. The number of carboxylic acids is 1. The van der Waals surface area contributed by atoms with E-state index in [4.69, 9.17) is 5.11 Å². The van der Waals surface area contributed by atoms with Crippen molar-refractivity contribution in [3.63, 3.8) is 0 Å². The smallest absolute Gasteiger partial charge is 0.303 e. The lowest BCUT2D eigenvalue weighted by Gasteiger charge is -2.18. The minimum atomic E-state index is -0.750. The molecule has 0 saturated heterocycles. The minimum Gasteiger partial charge on any atom is -0.481 e. The molecular formula is C11H15NO2. The summed E-state index contributed by atoms with van der Waals surface area (Å²) >= 11 is 0. The van der Waals surface area contributed by atoms with Crippen LogP contribution in [0.3, 0.4) is 0 Å². The van der Waals surface area contributed by atoms with Gasteiger partial charge in [0.1, 0.15) is 0 Å². The number of carboxylic acid groups (broad SMARTS) is 1. The van der Waals surface area contributed by atoms with E-state index >= 15 is 0 Å². The van der Waals surface area contributed by atoms with E-state index in [1.54, 1.807) is 12.4 Å². The molecule has 3 nitrogen and oxygen atoms in total. The summed E-state index contributed by atoms with van der Waals surface area (Å²) < 4.78 is 0. The summed E-state index contributed by atoms with van der Waals surface area (Å²) in [6.07, 6.45) is 3.58. The van der Waals surface area contributed by atoms with Crippen molar-refractivity contribution < 1.29 is 9.90 Å². The van der Waals surface area contributed by atoms with Gasteiger partial charge in [0.15, 0.2) is 0 Å². The van der Waals surface area contributed by atoms with E-state index in [9.17, 15) is 4.79 Å². The maximum atomic E-state index is 10.7. The molecule has 76 valence electrons. The lowest BCUT2D eigenvalue weighted by atomic mass is 9.86. The molecule has 1 aromatic rings. The van der Waals surface area contributed by atoms with E-state index in [0.717, 1.165) is 5.56 Å². The van der Waals surface area contributed by atoms with Gasteiger partial charge >= 0.3 is 5.97 Å². The summed E-state index contributed by atoms with van der Waals surface area (Å²) in [7, 11) is 0. The van der Waals surface area contributed by atoms with Crippen LogP contribution in [-0.4, -0.2) is 16.1 Å². The maximum absolute atomic E-state index is 10.7. The molecule has 1 unspecified atom stereocenters. The van der Waals surface area contributed by atoms with Crippen LogP contribution in [0.5, 0.6) is 0 Å². The highest BCUT2D eigenvalue weighted by Crippen LogP contribution is 2.27. The number of rotatable bonds is 4. The van der Waals surface area contributed by atoms with Crippen LogP contribution < -0.4 is 0 Å². The van der Waals surface area contributed by atoms with Gasteiger partial charge < -0.3 is 5.11 Å². The molecule has 0 aliphatic heterocycles. The largest absolute Gasteiger partial charge is 0.481 e. The highest BCUT2D eigenvalue weighted by Gasteiger charge is 2.18. The van der Waals surface area contributed by atoms with Crippen molar-refractivity contribution >= 4 is 5.97 Å². The molecule has 0 aromatic carbocycles.